The molecule has 0 aliphatic carbocycles. The van der Waals surface area contributed by atoms with Gasteiger partial charge in [-0.2, -0.15) is 0 Å². The molecule has 74 valence electrons. The van der Waals surface area contributed by atoms with E-state index in [-0.39, 0.29) is 10.6 Å². The SMILES string of the molecule is O=c1[nH]cnc(N2CC=CCC2)c1Cl. The molecule has 1 aliphatic rings. The van der Waals surface area contributed by atoms with Gasteiger partial charge in [0.15, 0.2) is 5.82 Å². The third-order valence-electron chi connectivity index (χ3n) is 2.14. The highest BCUT2D eigenvalue weighted by atomic mass is 35.5. The second-order valence-corrected chi connectivity index (χ2v) is 3.45. The van der Waals surface area contributed by atoms with Crippen molar-refractivity contribution in [1.29, 1.82) is 0 Å². The topological polar surface area (TPSA) is 49.0 Å². The second kappa shape index (κ2) is 3.84. The monoisotopic (exact) mass is 211 g/mol. The van der Waals surface area contributed by atoms with Gasteiger partial charge >= 0.3 is 0 Å². The van der Waals surface area contributed by atoms with Crippen LogP contribution in [0.15, 0.2) is 23.3 Å². The number of nitrogens with zero attached hydrogens (tertiary/aromatic N) is 2. The number of hydrogen-bond donors (Lipinski definition) is 1. The van der Waals surface area contributed by atoms with Crippen LogP contribution in [-0.4, -0.2) is 23.1 Å². The van der Waals surface area contributed by atoms with Crippen LogP contribution in [0.5, 0.6) is 0 Å². The largest absolute Gasteiger partial charge is 0.351 e. The van der Waals surface area contributed by atoms with Crippen molar-refractivity contribution < 1.29 is 0 Å². The molecule has 0 fully saturated rings. The van der Waals surface area contributed by atoms with E-state index in [0.717, 1.165) is 19.5 Å². The van der Waals surface area contributed by atoms with Gasteiger partial charge in [0, 0.05) is 13.1 Å². The van der Waals surface area contributed by atoms with Gasteiger partial charge in [-0.15, -0.1) is 0 Å². The summed E-state index contributed by atoms with van der Waals surface area (Å²) in [5.41, 5.74) is -0.286. The average Bonchev–Trinajstić information content (AvgIpc) is 2.23. The fourth-order valence-electron chi connectivity index (χ4n) is 1.43. The normalized spacial score (nSPS) is 15.9. The molecule has 0 saturated carbocycles. The Kier molecular flexibility index (Phi) is 2.54. The van der Waals surface area contributed by atoms with E-state index < -0.39 is 0 Å². The molecule has 5 heteroatoms. The fourth-order valence-corrected chi connectivity index (χ4v) is 1.65. The van der Waals surface area contributed by atoms with Crippen LogP contribution in [0.4, 0.5) is 5.82 Å². The summed E-state index contributed by atoms with van der Waals surface area (Å²) in [4.78, 5) is 19.7. The molecule has 0 atom stereocenters. The minimum atomic E-state index is -0.286. The zero-order chi connectivity index (χ0) is 9.97. The molecule has 1 aromatic rings. The maximum Gasteiger partial charge on any atom is 0.271 e. The van der Waals surface area contributed by atoms with Gasteiger partial charge in [0.2, 0.25) is 0 Å². The minimum absolute atomic E-state index is 0.169. The molecular formula is C9H10ClN3O. The molecule has 1 N–H and O–H groups in total. The van der Waals surface area contributed by atoms with Crippen molar-refractivity contribution >= 4 is 17.4 Å². The lowest BCUT2D eigenvalue weighted by atomic mass is 10.2. The first kappa shape index (κ1) is 9.27. The molecule has 2 heterocycles. The van der Waals surface area contributed by atoms with Crippen LogP contribution >= 0.6 is 11.6 Å². The number of nitrogens with one attached hydrogen (secondary N) is 1. The van der Waals surface area contributed by atoms with E-state index in [1.807, 2.05) is 11.0 Å². The second-order valence-electron chi connectivity index (χ2n) is 3.08. The third-order valence-corrected chi connectivity index (χ3v) is 2.48. The van der Waals surface area contributed by atoms with Crippen LogP contribution in [0.3, 0.4) is 0 Å². The lowest BCUT2D eigenvalue weighted by Gasteiger charge is -2.24. The Hall–Kier alpha value is -1.29. The van der Waals surface area contributed by atoms with Crippen LogP contribution in [0.1, 0.15) is 6.42 Å². The molecule has 14 heavy (non-hydrogen) atoms. The Balaban J connectivity index is 2.36. The van der Waals surface area contributed by atoms with Crippen LogP contribution in [0.2, 0.25) is 5.02 Å². The first-order chi connectivity index (χ1) is 6.79. The minimum Gasteiger partial charge on any atom is -0.351 e. The van der Waals surface area contributed by atoms with E-state index in [2.05, 4.69) is 16.0 Å². The molecule has 0 amide bonds. The molecular weight excluding hydrogens is 202 g/mol. The number of halogens is 1. The van der Waals surface area contributed by atoms with Gasteiger partial charge in [-0.1, -0.05) is 23.8 Å². The van der Waals surface area contributed by atoms with E-state index in [9.17, 15) is 4.79 Å². The smallest absolute Gasteiger partial charge is 0.271 e. The van der Waals surface area contributed by atoms with E-state index in [4.69, 9.17) is 11.6 Å². The molecule has 0 aromatic carbocycles. The maximum atomic E-state index is 11.2. The van der Waals surface area contributed by atoms with Gasteiger partial charge in [-0.05, 0) is 6.42 Å². The number of H-pyrrole nitrogens is 1. The number of aromatic nitrogens is 2. The summed E-state index contributed by atoms with van der Waals surface area (Å²) in [6, 6.07) is 0. The molecule has 0 bridgehead atoms. The molecule has 2 rings (SSSR count). The van der Waals surface area contributed by atoms with Gasteiger partial charge in [-0.25, -0.2) is 4.98 Å². The predicted octanol–water partition coefficient (Wildman–Crippen LogP) is 1.19. The number of aromatic amines is 1. The molecule has 0 spiro atoms. The Bertz CT molecular complexity index is 413. The molecule has 1 aromatic heterocycles. The van der Waals surface area contributed by atoms with Gasteiger partial charge in [0.1, 0.15) is 5.02 Å². The van der Waals surface area contributed by atoms with Gasteiger partial charge in [0.05, 0.1) is 6.33 Å². The number of rotatable bonds is 1. The van der Waals surface area contributed by atoms with Crippen molar-refractivity contribution in [2.24, 2.45) is 0 Å². The summed E-state index contributed by atoms with van der Waals surface area (Å²) < 4.78 is 0. The summed E-state index contributed by atoms with van der Waals surface area (Å²) in [6.07, 6.45) is 6.49. The van der Waals surface area contributed by atoms with Crippen LogP contribution in [0, 0.1) is 0 Å². The highest BCUT2D eigenvalue weighted by Crippen LogP contribution is 2.19. The van der Waals surface area contributed by atoms with Crippen LogP contribution in [-0.2, 0) is 0 Å². The highest BCUT2D eigenvalue weighted by molar-refractivity contribution is 6.32. The van der Waals surface area contributed by atoms with Crippen molar-refractivity contribution in [2.45, 2.75) is 6.42 Å². The molecule has 0 saturated heterocycles. The van der Waals surface area contributed by atoms with Crippen molar-refractivity contribution in [3.8, 4) is 0 Å². The lowest BCUT2D eigenvalue weighted by molar-refractivity contribution is 0.801. The van der Waals surface area contributed by atoms with Crippen molar-refractivity contribution in [2.75, 3.05) is 18.0 Å². The van der Waals surface area contributed by atoms with E-state index >= 15 is 0 Å². The summed E-state index contributed by atoms with van der Waals surface area (Å²) in [5, 5.41) is 0.169. The Morgan fingerprint density at radius 2 is 2.36 bits per heavy atom. The average molecular weight is 212 g/mol. The first-order valence-electron chi connectivity index (χ1n) is 4.42. The zero-order valence-corrected chi connectivity index (χ0v) is 8.29. The summed E-state index contributed by atoms with van der Waals surface area (Å²) in [5.74, 6) is 0.569. The lowest BCUT2D eigenvalue weighted by Crippen LogP contribution is -2.29. The van der Waals surface area contributed by atoms with Crippen LogP contribution < -0.4 is 10.5 Å². The summed E-state index contributed by atoms with van der Waals surface area (Å²) in [7, 11) is 0. The highest BCUT2D eigenvalue weighted by Gasteiger charge is 2.14. The molecule has 0 radical (unpaired) electrons. The van der Waals surface area contributed by atoms with Gasteiger partial charge in [-0.3, -0.25) is 4.79 Å². The molecule has 4 nitrogen and oxygen atoms in total. The number of anilines is 1. The standard InChI is InChI=1S/C9H10ClN3O/c10-7-8(11-6-12-9(7)14)13-4-2-1-3-5-13/h1-2,6H,3-5H2,(H,11,12,14). The van der Waals surface area contributed by atoms with Crippen LogP contribution in [0.25, 0.3) is 0 Å². The summed E-state index contributed by atoms with van der Waals surface area (Å²) in [6.45, 7) is 1.61. The van der Waals surface area contributed by atoms with Crippen molar-refractivity contribution in [3.63, 3.8) is 0 Å². The maximum absolute atomic E-state index is 11.2. The van der Waals surface area contributed by atoms with Gasteiger partial charge < -0.3 is 9.88 Å². The Morgan fingerprint density at radius 3 is 3.07 bits per heavy atom. The van der Waals surface area contributed by atoms with Gasteiger partial charge in [0.25, 0.3) is 5.56 Å². The quantitative estimate of drug-likeness (QED) is 0.710. The van der Waals surface area contributed by atoms with E-state index in [0.29, 0.717) is 5.82 Å². The Labute approximate surface area is 86.2 Å². The fraction of sp³-hybridized carbons (Fsp3) is 0.333. The first-order valence-corrected chi connectivity index (χ1v) is 4.80. The predicted molar refractivity (Wildman–Crippen MR) is 55.8 cm³/mol. The summed E-state index contributed by atoms with van der Waals surface area (Å²) >= 11 is 5.85. The molecule has 1 aliphatic heterocycles. The molecule has 0 unspecified atom stereocenters. The zero-order valence-electron chi connectivity index (χ0n) is 7.53. The van der Waals surface area contributed by atoms with Crippen molar-refractivity contribution in [3.05, 3.63) is 33.9 Å². The van der Waals surface area contributed by atoms with Crippen molar-refractivity contribution in [1.82, 2.24) is 9.97 Å². The Morgan fingerprint density at radius 1 is 1.50 bits per heavy atom. The van der Waals surface area contributed by atoms with E-state index in [1.54, 1.807) is 0 Å². The third kappa shape index (κ3) is 1.65. The van der Waals surface area contributed by atoms with E-state index in [1.165, 1.54) is 6.33 Å². The number of hydrogen-bond acceptors (Lipinski definition) is 3.